The molecule has 0 radical (unpaired) electrons. The van der Waals surface area contributed by atoms with Crippen LogP contribution in [-0.4, -0.2) is 35.7 Å². The Hall–Kier alpha value is -1.76. The van der Waals surface area contributed by atoms with Gasteiger partial charge in [0.1, 0.15) is 0 Å². The number of hydrogen-bond donors (Lipinski definition) is 1. The first-order valence-corrected chi connectivity index (χ1v) is 12.3. The van der Waals surface area contributed by atoms with E-state index in [0.29, 0.717) is 18.6 Å². The standard InChI is InChI=1S/C26H28F3NOS/c27-26(28,29)19-7-10-24-22(15-19)25(21-3-1-2-4-23(21)32-24)18-11-13-30(14-12-18)20-8-5-17(16-31)6-9-20/h1-4,7,10,15,17,20,31H,5-6,8-9,11-14,16H2. The van der Waals surface area contributed by atoms with E-state index >= 15 is 0 Å². The van der Waals surface area contributed by atoms with Gasteiger partial charge in [-0.2, -0.15) is 13.2 Å². The molecule has 1 N–H and O–H groups in total. The maximum absolute atomic E-state index is 13.5. The largest absolute Gasteiger partial charge is 0.416 e. The predicted molar refractivity (Wildman–Crippen MR) is 122 cm³/mol. The summed E-state index contributed by atoms with van der Waals surface area (Å²) in [6.45, 7) is 2.20. The van der Waals surface area contributed by atoms with Crippen LogP contribution < -0.4 is 0 Å². The normalized spacial score (nSPS) is 24.2. The summed E-state index contributed by atoms with van der Waals surface area (Å²) >= 11 is 1.56. The zero-order valence-electron chi connectivity index (χ0n) is 18.0. The highest BCUT2D eigenvalue weighted by molar-refractivity contribution is 7.99. The number of piperidine rings is 1. The van der Waals surface area contributed by atoms with E-state index in [0.717, 1.165) is 78.1 Å². The van der Waals surface area contributed by atoms with Gasteiger partial charge in [-0.15, -0.1) is 0 Å². The number of hydrogen-bond acceptors (Lipinski definition) is 3. The van der Waals surface area contributed by atoms with Gasteiger partial charge in [0, 0.05) is 35.5 Å². The summed E-state index contributed by atoms with van der Waals surface area (Å²) in [6, 6.07) is 12.8. The summed E-state index contributed by atoms with van der Waals surface area (Å²) in [5, 5.41) is 9.40. The van der Waals surface area contributed by atoms with Gasteiger partial charge >= 0.3 is 6.18 Å². The van der Waals surface area contributed by atoms with Crippen LogP contribution in [0.1, 0.15) is 55.2 Å². The van der Waals surface area contributed by atoms with E-state index in [2.05, 4.69) is 17.0 Å². The van der Waals surface area contributed by atoms with Crippen LogP contribution in [0.15, 0.2) is 57.8 Å². The molecule has 6 heteroatoms. The van der Waals surface area contributed by atoms with E-state index in [1.807, 2.05) is 12.1 Å². The van der Waals surface area contributed by atoms with E-state index in [9.17, 15) is 18.3 Å². The Bertz CT molecular complexity index is 1010. The molecule has 1 saturated heterocycles. The molecule has 5 rings (SSSR count). The van der Waals surface area contributed by atoms with Crippen molar-refractivity contribution in [1.29, 1.82) is 0 Å². The highest BCUT2D eigenvalue weighted by Gasteiger charge is 2.34. The number of likely N-dealkylation sites (tertiary alicyclic amines) is 1. The van der Waals surface area contributed by atoms with Gasteiger partial charge in [0.25, 0.3) is 0 Å². The van der Waals surface area contributed by atoms with E-state index in [1.54, 1.807) is 17.8 Å². The molecule has 0 atom stereocenters. The summed E-state index contributed by atoms with van der Waals surface area (Å²) in [5.41, 5.74) is 3.52. The van der Waals surface area contributed by atoms with Crippen LogP contribution in [-0.2, 0) is 6.18 Å². The average molecular weight is 460 g/mol. The molecule has 2 aromatic rings. The summed E-state index contributed by atoms with van der Waals surface area (Å²) < 4.78 is 40.5. The van der Waals surface area contributed by atoms with Gasteiger partial charge in [-0.1, -0.05) is 35.5 Å². The number of fused-ring (bicyclic) bond motifs is 2. The van der Waals surface area contributed by atoms with Crippen molar-refractivity contribution in [3.05, 3.63) is 64.7 Å². The second-order valence-corrected chi connectivity index (χ2v) is 10.3. The fourth-order valence-corrected chi connectivity index (χ4v) is 6.57. The van der Waals surface area contributed by atoms with E-state index in [1.165, 1.54) is 17.7 Å². The van der Waals surface area contributed by atoms with Crippen LogP contribution in [0, 0.1) is 5.92 Å². The fraction of sp³-hybridized carbons (Fsp3) is 0.462. The lowest BCUT2D eigenvalue weighted by Gasteiger charge is -2.40. The Morgan fingerprint density at radius 1 is 0.906 bits per heavy atom. The lowest BCUT2D eigenvalue weighted by Crippen LogP contribution is -2.42. The van der Waals surface area contributed by atoms with Gasteiger partial charge in [-0.05, 0) is 85.4 Å². The smallest absolute Gasteiger partial charge is 0.396 e. The van der Waals surface area contributed by atoms with Crippen molar-refractivity contribution < 1.29 is 18.3 Å². The van der Waals surface area contributed by atoms with Crippen LogP contribution in [0.4, 0.5) is 13.2 Å². The number of benzene rings is 2. The number of nitrogens with zero attached hydrogens (tertiary/aromatic N) is 1. The first kappa shape index (κ1) is 22.1. The summed E-state index contributed by atoms with van der Waals surface area (Å²) in [6.07, 6.45) is 1.88. The third kappa shape index (κ3) is 4.25. The number of alkyl halides is 3. The van der Waals surface area contributed by atoms with Crippen LogP contribution >= 0.6 is 11.8 Å². The first-order valence-electron chi connectivity index (χ1n) is 11.5. The minimum absolute atomic E-state index is 0.291. The molecule has 1 saturated carbocycles. The van der Waals surface area contributed by atoms with Crippen LogP contribution in [0.3, 0.4) is 0 Å². The molecule has 32 heavy (non-hydrogen) atoms. The molecule has 0 bridgehead atoms. The van der Waals surface area contributed by atoms with Gasteiger partial charge in [0.2, 0.25) is 0 Å². The maximum atomic E-state index is 13.5. The summed E-state index contributed by atoms with van der Waals surface area (Å²) in [7, 11) is 0. The predicted octanol–water partition coefficient (Wildman–Crippen LogP) is 6.62. The number of aliphatic hydroxyl groups excluding tert-OH is 1. The number of aliphatic hydroxyl groups is 1. The van der Waals surface area contributed by atoms with Gasteiger partial charge < -0.3 is 5.11 Å². The molecule has 3 aliphatic rings. The molecular weight excluding hydrogens is 431 g/mol. The Balaban J connectivity index is 1.45. The molecule has 2 nitrogen and oxygen atoms in total. The quantitative estimate of drug-likeness (QED) is 0.466. The minimum Gasteiger partial charge on any atom is -0.396 e. The van der Waals surface area contributed by atoms with Crippen molar-refractivity contribution in [3.63, 3.8) is 0 Å². The van der Waals surface area contributed by atoms with Crippen molar-refractivity contribution in [2.45, 2.75) is 60.5 Å². The highest BCUT2D eigenvalue weighted by atomic mass is 32.2. The SMILES string of the molecule is OCC1CCC(N2CCC(=C3c4ccccc4Sc4ccc(C(F)(F)F)cc43)CC2)CC1. The summed E-state index contributed by atoms with van der Waals surface area (Å²) in [4.78, 5) is 4.59. The average Bonchev–Trinajstić information content (AvgIpc) is 2.82. The minimum atomic E-state index is -4.34. The Labute approximate surface area is 191 Å². The molecule has 0 amide bonds. The Morgan fingerprint density at radius 2 is 1.59 bits per heavy atom. The topological polar surface area (TPSA) is 23.5 Å². The molecule has 2 fully saturated rings. The van der Waals surface area contributed by atoms with Gasteiger partial charge in [0.05, 0.1) is 5.56 Å². The van der Waals surface area contributed by atoms with Crippen molar-refractivity contribution in [3.8, 4) is 0 Å². The molecule has 0 aromatic heterocycles. The third-order valence-electron chi connectivity index (χ3n) is 7.30. The second kappa shape index (κ2) is 8.88. The molecule has 0 spiro atoms. The molecule has 2 heterocycles. The van der Waals surface area contributed by atoms with Crippen molar-refractivity contribution in [1.82, 2.24) is 4.90 Å². The molecule has 2 aromatic carbocycles. The molecule has 170 valence electrons. The number of rotatable bonds is 2. The Morgan fingerprint density at radius 3 is 2.28 bits per heavy atom. The molecule has 2 aliphatic heterocycles. The van der Waals surface area contributed by atoms with E-state index in [-0.39, 0.29) is 0 Å². The third-order valence-corrected chi connectivity index (χ3v) is 8.45. The van der Waals surface area contributed by atoms with Crippen molar-refractivity contribution in [2.75, 3.05) is 19.7 Å². The fourth-order valence-electron chi connectivity index (χ4n) is 5.50. The lowest BCUT2D eigenvalue weighted by atomic mass is 9.83. The first-order chi connectivity index (χ1) is 15.4. The second-order valence-electron chi connectivity index (χ2n) is 9.18. The van der Waals surface area contributed by atoms with Crippen molar-refractivity contribution in [2.24, 2.45) is 5.92 Å². The molecule has 1 aliphatic carbocycles. The van der Waals surface area contributed by atoms with Crippen LogP contribution in [0.2, 0.25) is 0 Å². The monoisotopic (exact) mass is 459 g/mol. The zero-order valence-corrected chi connectivity index (χ0v) is 18.8. The van der Waals surface area contributed by atoms with Gasteiger partial charge in [-0.3, -0.25) is 4.90 Å². The van der Waals surface area contributed by atoms with E-state index < -0.39 is 11.7 Å². The van der Waals surface area contributed by atoms with Crippen LogP contribution in [0.5, 0.6) is 0 Å². The highest BCUT2D eigenvalue weighted by Crippen LogP contribution is 2.49. The van der Waals surface area contributed by atoms with Crippen LogP contribution in [0.25, 0.3) is 5.57 Å². The Kier molecular flexibility index (Phi) is 6.12. The molecular formula is C26H28F3NOS. The van der Waals surface area contributed by atoms with Gasteiger partial charge in [-0.25, -0.2) is 0 Å². The van der Waals surface area contributed by atoms with Gasteiger partial charge in [0.15, 0.2) is 0 Å². The lowest BCUT2D eigenvalue weighted by molar-refractivity contribution is -0.137. The van der Waals surface area contributed by atoms with E-state index in [4.69, 9.17) is 0 Å². The zero-order chi connectivity index (χ0) is 22.3. The summed E-state index contributed by atoms with van der Waals surface area (Å²) in [5.74, 6) is 0.448. The maximum Gasteiger partial charge on any atom is 0.416 e. The number of halogens is 3. The van der Waals surface area contributed by atoms with Crippen molar-refractivity contribution >= 4 is 17.3 Å². The molecule has 0 unspecified atom stereocenters.